The molecule has 1 aliphatic heterocycles. The van der Waals surface area contributed by atoms with Crippen molar-refractivity contribution in [2.45, 2.75) is 12.5 Å². The van der Waals surface area contributed by atoms with Gasteiger partial charge in [0.05, 0.1) is 23.6 Å². The Kier molecular flexibility index (Phi) is 2.54. The van der Waals surface area contributed by atoms with Crippen molar-refractivity contribution in [2.75, 3.05) is 6.54 Å². The molecular formula is C9H9N3O5. The number of rotatable bonds is 3. The molecule has 1 atom stereocenters. The van der Waals surface area contributed by atoms with Gasteiger partial charge in [0, 0.05) is 12.6 Å². The van der Waals surface area contributed by atoms with Crippen molar-refractivity contribution in [1.29, 1.82) is 0 Å². The lowest BCUT2D eigenvalue weighted by atomic mass is 10.1. The summed E-state index contributed by atoms with van der Waals surface area (Å²) < 4.78 is 1.35. The summed E-state index contributed by atoms with van der Waals surface area (Å²) >= 11 is 0. The second-order valence-electron chi connectivity index (χ2n) is 3.71. The predicted octanol–water partition coefficient (Wildman–Crippen LogP) is 0.156. The van der Waals surface area contributed by atoms with Gasteiger partial charge >= 0.3 is 5.97 Å². The molecule has 8 nitrogen and oxygen atoms in total. The second kappa shape index (κ2) is 3.89. The molecule has 0 aliphatic carbocycles. The van der Waals surface area contributed by atoms with Gasteiger partial charge in [0.2, 0.25) is 0 Å². The monoisotopic (exact) mass is 239 g/mol. The van der Waals surface area contributed by atoms with Crippen LogP contribution in [-0.4, -0.2) is 33.0 Å². The van der Waals surface area contributed by atoms with Gasteiger partial charge < -0.3 is 15.0 Å². The van der Waals surface area contributed by atoms with Crippen LogP contribution in [0.5, 0.6) is 0 Å². The van der Waals surface area contributed by atoms with E-state index in [9.17, 15) is 19.7 Å². The number of aromatic nitrogens is 1. The number of aliphatic carboxylic acids is 1. The van der Waals surface area contributed by atoms with E-state index < -0.39 is 22.8 Å². The maximum atomic E-state index is 11.5. The lowest BCUT2D eigenvalue weighted by Gasteiger charge is -2.24. The van der Waals surface area contributed by atoms with Crippen LogP contribution in [-0.2, 0) is 4.79 Å². The van der Waals surface area contributed by atoms with Crippen molar-refractivity contribution in [1.82, 2.24) is 9.88 Å². The van der Waals surface area contributed by atoms with Gasteiger partial charge in [-0.2, -0.15) is 0 Å². The van der Waals surface area contributed by atoms with Gasteiger partial charge in [-0.1, -0.05) is 0 Å². The van der Waals surface area contributed by atoms with Gasteiger partial charge in [0.25, 0.3) is 11.6 Å². The minimum Gasteiger partial charge on any atom is -0.481 e. The molecule has 1 amide bonds. The van der Waals surface area contributed by atoms with Gasteiger partial charge in [-0.15, -0.1) is 0 Å². The zero-order chi connectivity index (χ0) is 12.6. The summed E-state index contributed by atoms with van der Waals surface area (Å²) in [7, 11) is 0. The highest BCUT2D eigenvalue weighted by Gasteiger charge is 2.29. The van der Waals surface area contributed by atoms with Gasteiger partial charge in [0.15, 0.2) is 0 Å². The third-order valence-corrected chi connectivity index (χ3v) is 2.58. The number of hydrogen-bond donors (Lipinski definition) is 2. The van der Waals surface area contributed by atoms with Crippen molar-refractivity contribution in [2.24, 2.45) is 0 Å². The van der Waals surface area contributed by atoms with Crippen LogP contribution in [0.3, 0.4) is 0 Å². The van der Waals surface area contributed by atoms with Crippen molar-refractivity contribution in [3.8, 4) is 0 Å². The van der Waals surface area contributed by atoms with Crippen LogP contribution in [0.15, 0.2) is 12.3 Å². The number of nitrogens with one attached hydrogen (secondary N) is 1. The van der Waals surface area contributed by atoms with E-state index in [1.807, 2.05) is 0 Å². The zero-order valence-electron chi connectivity index (χ0n) is 8.62. The van der Waals surface area contributed by atoms with Crippen LogP contribution >= 0.6 is 0 Å². The first-order valence-electron chi connectivity index (χ1n) is 4.85. The van der Waals surface area contributed by atoms with Crippen molar-refractivity contribution < 1.29 is 19.6 Å². The highest BCUT2D eigenvalue weighted by Crippen LogP contribution is 2.25. The maximum absolute atomic E-state index is 11.5. The Hall–Kier alpha value is -2.38. The normalized spacial score (nSPS) is 18.4. The topological polar surface area (TPSA) is 114 Å². The zero-order valence-corrected chi connectivity index (χ0v) is 8.62. The van der Waals surface area contributed by atoms with Crippen LogP contribution in [0.2, 0.25) is 0 Å². The fraction of sp³-hybridized carbons (Fsp3) is 0.333. The summed E-state index contributed by atoms with van der Waals surface area (Å²) in [5.41, 5.74) is -0.0957. The molecule has 0 radical (unpaired) electrons. The van der Waals surface area contributed by atoms with E-state index in [2.05, 4.69) is 5.32 Å². The Morgan fingerprint density at radius 1 is 1.71 bits per heavy atom. The Morgan fingerprint density at radius 3 is 3.00 bits per heavy atom. The fourth-order valence-corrected chi connectivity index (χ4v) is 1.82. The summed E-state index contributed by atoms with van der Waals surface area (Å²) in [4.78, 5) is 32.1. The first-order valence-corrected chi connectivity index (χ1v) is 4.85. The molecule has 0 saturated carbocycles. The Morgan fingerprint density at radius 2 is 2.41 bits per heavy atom. The van der Waals surface area contributed by atoms with E-state index >= 15 is 0 Å². The SMILES string of the molecule is O=C(O)CC1CNC(=O)c2cc([N+](=O)[O-])cn21. The predicted molar refractivity (Wildman–Crippen MR) is 54.7 cm³/mol. The molecule has 1 aromatic heterocycles. The van der Waals surface area contributed by atoms with Gasteiger partial charge in [-0.3, -0.25) is 19.7 Å². The second-order valence-corrected chi connectivity index (χ2v) is 3.71. The third-order valence-electron chi connectivity index (χ3n) is 2.58. The number of fused-ring (bicyclic) bond motifs is 1. The number of carbonyl (C=O) groups is 2. The number of carboxylic acids is 1. The Bertz CT molecular complexity index is 507. The molecule has 0 bridgehead atoms. The fourth-order valence-electron chi connectivity index (χ4n) is 1.82. The summed E-state index contributed by atoms with van der Waals surface area (Å²) in [6, 6.07) is 0.650. The maximum Gasteiger partial charge on any atom is 0.305 e. The van der Waals surface area contributed by atoms with Crippen molar-refractivity contribution in [3.05, 3.63) is 28.1 Å². The van der Waals surface area contributed by atoms with E-state index in [-0.39, 0.29) is 24.3 Å². The molecule has 1 unspecified atom stereocenters. The molecule has 0 spiro atoms. The molecule has 0 fully saturated rings. The van der Waals surface area contributed by atoms with E-state index in [1.54, 1.807) is 0 Å². The molecule has 90 valence electrons. The summed E-state index contributed by atoms with van der Waals surface area (Å²) in [5, 5.41) is 21.8. The molecule has 2 heterocycles. The Labute approximate surface area is 95.0 Å². The van der Waals surface area contributed by atoms with Crippen LogP contribution in [0, 0.1) is 10.1 Å². The molecule has 8 heteroatoms. The number of carboxylic acid groups (broad SMARTS) is 1. The minimum atomic E-state index is -1.02. The summed E-state index contributed by atoms with van der Waals surface area (Å²) in [5.74, 6) is -1.45. The van der Waals surface area contributed by atoms with E-state index in [1.165, 1.54) is 10.8 Å². The van der Waals surface area contributed by atoms with Crippen LogP contribution < -0.4 is 5.32 Å². The minimum absolute atomic E-state index is 0.120. The highest BCUT2D eigenvalue weighted by atomic mass is 16.6. The number of hydrogen-bond acceptors (Lipinski definition) is 4. The molecule has 1 aliphatic rings. The largest absolute Gasteiger partial charge is 0.481 e. The molecule has 17 heavy (non-hydrogen) atoms. The molecule has 0 saturated heterocycles. The molecule has 1 aromatic rings. The first-order chi connectivity index (χ1) is 7.99. The van der Waals surface area contributed by atoms with Gasteiger partial charge in [0.1, 0.15) is 5.69 Å². The van der Waals surface area contributed by atoms with Crippen LogP contribution in [0.4, 0.5) is 5.69 Å². The van der Waals surface area contributed by atoms with Crippen LogP contribution in [0.25, 0.3) is 0 Å². The number of amides is 1. The number of nitro groups is 1. The van der Waals surface area contributed by atoms with Crippen molar-refractivity contribution in [3.63, 3.8) is 0 Å². The number of carbonyl (C=O) groups excluding carboxylic acids is 1. The number of nitrogens with zero attached hydrogens (tertiary/aromatic N) is 2. The van der Waals surface area contributed by atoms with Crippen LogP contribution in [0.1, 0.15) is 23.0 Å². The lowest BCUT2D eigenvalue weighted by Crippen LogP contribution is -2.39. The van der Waals surface area contributed by atoms with E-state index in [0.29, 0.717) is 0 Å². The molecular weight excluding hydrogens is 230 g/mol. The Balaban J connectivity index is 2.40. The smallest absolute Gasteiger partial charge is 0.305 e. The molecule has 2 N–H and O–H groups in total. The quantitative estimate of drug-likeness (QED) is 0.575. The average Bonchev–Trinajstić information content (AvgIpc) is 2.67. The first kappa shape index (κ1) is 11.1. The summed E-state index contributed by atoms with van der Waals surface area (Å²) in [6.45, 7) is 0.157. The average molecular weight is 239 g/mol. The van der Waals surface area contributed by atoms with Crippen molar-refractivity contribution >= 4 is 17.6 Å². The van der Waals surface area contributed by atoms with E-state index in [0.717, 1.165) is 6.07 Å². The molecule has 2 rings (SSSR count). The summed E-state index contributed by atoms with van der Waals surface area (Å²) in [6.07, 6.45) is 1.00. The lowest BCUT2D eigenvalue weighted by molar-refractivity contribution is -0.384. The standard InChI is InChI=1S/C9H9N3O5/c13-8(14)2-5-3-10-9(15)7-1-6(12(16)17)4-11(5)7/h1,4-5H,2-3H2,(H,10,15)(H,13,14). The molecule has 0 aromatic carbocycles. The van der Waals surface area contributed by atoms with Gasteiger partial charge in [-0.05, 0) is 0 Å². The highest BCUT2D eigenvalue weighted by molar-refractivity contribution is 5.94. The van der Waals surface area contributed by atoms with E-state index in [4.69, 9.17) is 5.11 Å². The third kappa shape index (κ3) is 1.96. The van der Waals surface area contributed by atoms with Gasteiger partial charge in [-0.25, -0.2) is 0 Å².